The van der Waals surface area contributed by atoms with Gasteiger partial charge in [0, 0.05) is 25.6 Å². The highest BCUT2D eigenvalue weighted by Crippen LogP contribution is 2.41. The van der Waals surface area contributed by atoms with Crippen LogP contribution in [0.5, 0.6) is 5.75 Å². The number of hydrogen-bond acceptors (Lipinski definition) is 7. The number of hydrogen-bond donors (Lipinski definition) is 2. The summed E-state index contributed by atoms with van der Waals surface area (Å²) in [6, 6.07) is 9.64. The summed E-state index contributed by atoms with van der Waals surface area (Å²) in [7, 11) is 0. The van der Waals surface area contributed by atoms with Gasteiger partial charge in [-0.1, -0.05) is 18.2 Å². The molecule has 4 rings (SSSR count). The van der Waals surface area contributed by atoms with E-state index < -0.39 is 12.1 Å². The number of aliphatic carboxylic acids is 1. The number of carboxylic acids is 1. The molecule has 2 N–H and O–H groups in total. The predicted molar refractivity (Wildman–Crippen MR) is 128 cm³/mol. The number of aliphatic hydroxyl groups excluding tert-OH is 1. The van der Waals surface area contributed by atoms with Crippen molar-refractivity contribution in [3.8, 4) is 5.75 Å². The number of carbonyl (C=O) groups is 1. The van der Waals surface area contributed by atoms with Crippen LogP contribution in [-0.2, 0) is 23.7 Å². The zero-order valence-electron chi connectivity index (χ0n) is 20.5. The molecule has 0 amide bonds. The fraction of sp³-hybridized carbons (Fsp3) is 0.741. The molecule has 7 atom stereocenters. The summed E-state index contributed by atoms with van der Waals surface area (Å²) in [4.78, 5) is 11.6. The molecular formula is C27H40O8. The topological polar surface area (TPSA) is 104 Å². The molecule has 0 bridgehead atoms. The van der Waals surface area contributed by atoms with Crippen molar-refractivity contribution in [1.82, 2.24) is 0 Å². The van der Waals surface area contributed by atoms with Crippen molar-refractivity contribution in [3.05, 3.63) is 30.3 Å². The molecule has 3 fully saturated rings. The van der Waals surface area contributed by atoms with Gasteiger partial charge in [0.15, 0.2) is 12.6 Å². The number of carboxylic acid groups (broad SMARTS) is 1. The van der Waals surface area contributed by atoms with Gasteiger partial charge < -0.3 is 33.9 Å². The lowest BCUT2D eigenvalue weighted by molar-refractivity contribution is -0.202. The van der Waals surface area contributed by atoms with Gasteiger partial charge in [-0.25, -0.2) is 0 Å². The van der Waals surface area contributed by atoms with E-state index in [1.807, 2.05) is 30.3 Å². The van der Waals surface area contributed by atoms with Crippen molar-refractivity contribution in [2.24, 2.45) is 11.8 Å². The standard InChI is InChI=1S/C27H40O8/c28-23-17-24(35-27-11-5-7-15-32-27)21(22(23)16-25(29)30)13-12-20(34-26-10-4-6-14-31-26)18-33-19-8-2-1-3-9-19/h1-3,8-9,20-24,26-28H,4-7,10-18H2,(H,29,30). The Labute approximate surface area is 207 Å². The summed E-state index contributed by atoms with van der Waals surface area (Å²) in [5, 5.41) is 20.2. The van der Waals surface area contributed by atoms with Crippen LogP contribution < -0.4 is 4.74 Å². The Morgan fingerprint density at radius 1 is 1.00 bits per heavy atom. The van der Waals surface area contributed by atoms with Crippen LogP contribution in [-0.4, -0.2) is 66.9 Å². The molecule has 1 saturated carbocycles. The van der Waals surface area contributed by atoms with E-state index in [1.165, 1.54) is 0 Å². The molecular weight excluding hydrogens is 452 g/mol. The van der Waals surface area contributed by atoms with Crippen LogP contribution >= 0.6 is 0 Å². The van der Waals surface area contributed by atoms with Crippen molar-refractivity contribution in [1.29, 1.82) is 0 Å². The van der Waals surface area contributed by atoms with E-state index >= 15 is 0 Å². The van der Waals surface area contributed by atoms with Gasteiger partial charge in [0.05, 0.1) is 24.7 Å². The van der Waals surface area contributed by atoms with Crippen molar-refractivity contribution < 1.29 is 38.7 Å². The van der Waals surface area contributed by atoms with Crippen LogP contribution in [0.15, 0.2) is 30.3 Å². The minimum atomic E-state index is -0.899. The Morgan fingerprint density at radius 2 is 1.71 bits per heavy atom. The fourth-order valence-corrected chi connectivity index (χ4v) is 5.52. The largest absolute Gasteiger partial charge is 0.491 e. The Morgan fingerprint density at radius 3 is 2.37 bits per heavy atom. The maximum atomic E-state index is 11.6. The van der Waals surface area contributed by atoms with Crippen LogP contribution in [0.3, 0.4) is 0 Å². The lowest BCUT2D eigenvalue weighted by Gasteiger charge is -2.32. The lowest BCUT2D eigenvalue weighted by Crippen LogP contribution is -2.35. The molecule has 1 aromatic carbocycles. The Kier molecular flexibility index (Phi) is 10.2. The SMILES string of the molecule is O=C(O)CC1C(O)CC(OC2CCCCO2)C1CCC(COc1ccccc1)OC1CCCCO1. The Hall–Kier alpha value is -1.71. The van der Waals surface area contributed by atoms with Crippen LogP contribution in [0.25, 0.3) is 0 Å². The average Bonchev–Trinajstić information content (AvgIpc) is 3.15. The average molecular weight is 493 g/mol. The lowest BCUT2D eigenvalue weighted by atomic mass is 9.86. The van der Waals surface area contributed by atoms with E-state index in [4.69, 9.17) is 23.7 Å². The summed E-state index contributed by atoms with van der Waals surface area (Å²) in [5.41, 5.74) is 0. The zero-order valence-corrected chi connectivity index (χ0v) is 20.5. The highest BCUT2D eigenvalue weighted by atomic mass is 16.7. The number of benzene rings is 1. The van der Waals surface area contributed by atoms with Crippen molar-refractivity contribution in [2.75, 3.05) is 19.8 Å². The number of ether oxygens (including phenoxy) is 5. The molecule has 8 heteroatoms. The third-order valence-corrected chi connectivity index (χ3v) is 7.35. The monoisotopic (exact) mass is 492 g/mol. The Balaban J connectivity index is 1.40. The van der Waals surface area contributed by atoms with Crippen LogP contribution in [0.1, 0.15) is 64.2 Å². The minimum Gasteiger partial charge on any atom is -0.491 e. The minimum absolute atomic E-state index is 0.0744. The molecule has 0 radical (unpaired) electrons. The molecule has 1 aliphatic carbocycles. The predicted octanol–water partition coefficient (Wildman–Crippen LogP) is 4.14. The van der Waals surface area contributed by atoms with Gasteiger partial charge in [-0.2, -0.15) is 0 Å². The van der Waals surface area contributed by atoms with Gasteiger partial charge in [0.25, 0.3) is 0 Å². The second-order valence-corrected chi connectivity index (χ2v) is 9.95. The molecule has 0 aromatic heterocycles. The zero-order chi connectivity index (χ0) is 24.5. The molecule has 2 aliphatic heterocycles. The van der Waals surface area contributed by atoms with Crippen molar-refractivity contribution >= 4 is 5.97 Å². The number of para-hydroxylation sites is 1. The van der Waals surface area contributed by atoms with Gasteiger partial charge in [0.2, 0.25) is 0 Å². The maximum absolute atomic E-state index is 11.6. The van der Waals surface area contributed by atoms with Gasteiger partial charge in [-0.3, -0.25) is 4.79 Å². The van der Waals surface area contributed by atoms with Crippen LogP contribution in [0.2, 0.25) is 0 Å². The highest BCUT2D eigenvalue weighted by Gasteiger charge is 2.45. The van der Waals surface area contributed by atoms with E-state index in [0.717, 1.165) is 44.3 Å². The summed E-state index contributed by atoms with van der Waals surface area (Å²) < 4.78 is 30.2. The quantitative estimate of drug-likeness (QED) is 0.449. The van der Waals surface area contributed by atoms with E-state index in [1.54, 1.807) is 0 Å². The van der Waals surface area contributed by atoms with Gasteiger partial charge in [0.1, 0.15) is 12.4 Å². The van der Waals surface area contributed by atoms with Gasteiger partial charge >= 0.3 is 5.97 Å². The first-order chi connectivity index (χ1) is 17.1. The second-order valence-electron chi connectivity index (χ2n) is 9.95. The molecule has 1 aromatic rings. The first kappa shape index (κ1) is 26.4. The maximum Gasteiger partial charge on any atom is 0.303 e. The smallest absolute Gasteiger partial charge is 0.303 e. The second kappa shape index (κ2) is 13.6. The van der Waals surface area contributed by atoms with E-state index in [9.17, 15) is 15.0 Å². The number of aliphatic hydroxyl groups is 1. The normalized spacial score (nSPS) is 32.3. The first-order valence-electron chi connectivity index (χ1n) is 13.2. The first-order valence-corrected chi connectivity index (χ1v) is 13.2. The molecule has 2 saturated heterocycles. The Bertz CT molecular complexity index is 747. The highest BCUT2D eigenvalue weighted by molar-refractivity contribution is 5.67. The molecule has 8 nitrogen and oxygen atoms in total. The summed E-state index contributed by atoms with van der Waals surface area (Å²) in [6.07, 6.45) is 5.89. The fourth-order valence-electron chi connectivity index (χ4n) is 5.52. The third-order valence-electron chi connectivity index (χ3n) is 7.35. The summed E-state index contributed by atoms with van der Waals surface area (Å²) in [6.45, 7) is 1.75. The molecule has 35 heavy (non-hydrogen) atoms. The molecule has 7 unspecified atom stereocenters. The van der Waals surface area contributed by atoms with Crippen LogP contribution in [0.4, 0.5) is 0 Å². The molecule has 2 heterocycles. The summed E-state index contributed by atoms with van der Waals surface area (Å²) in [5.74, 6) is -0.574. The molecule has 3 aliphatic rings. The summed E-state index contributed by atoms with van der Waals surface area (Å²) >= 11 is 0. The van der Waals surface area contributed by atoms with Crippen molar-refractivity contribution in [2.45, 2.75) is 95.1 Å². The van der Waals surface area contributed by atoms with E-state index in [0.29, 0.717) is 39.1 Å². The third kappa shape index (κ3) is 8.15. The van der Waals surface area contributed by atoms with E-state index in [-0.39, 0.29) is 43.0 Å². The van der Waals surface area contributed by atoms with E-state index in [2.05, 4.69) is 0 Å². The van der Waals surface area contributed by atoms with Gasteiger partial charge in [-0.05, 0) is 69.4 Å². The molecule has 196 valence electrons. The van der Waals surface area contributed by atoms with Crippen LogP contribution in [0, 0.1) is 11.8 Å². The molecule has 0 spiro atoms. The van der Waals surface area contributed by atoms with Gasteiger partial charge in [-0.15, -0.1) is 0 Å². The number of rotatable bonds is 12. The van der Waals surface area contributed by atoms with Crippen molar-refractivity contribution in [3.63, 3.8) is 0 Å².